The quantitative estimate of drug-likeness (QED) is 0.812. The number of aromatic nitrogens is 1. The summed E-state index contributed by atoms with van der Waals surface area (Å²) in [6.07, 6.45) is 1.27. The van der Waals surface area contributed by atoms with Crippen molar-refractivity contribution < 1.29 is 18.4 Å². The normalized spacial score (nSPS) is 16.5. The molecule has 1 unspecified atom stereocenters. The van der Waals surface area contributed by atoms with E-state index in [4.69, 9.17) is 0 Å². The third-order valence-electron chi connectivity index (χ3n) is 3.20. The van der Waals surface area contributed by atoms with Gasteiger partial charge in [0.15, 0.2) is 0 Å². The average molecular weight is 334 g/mol. The molecule has 0 saturated heterocycles. The molecule has 126 valence electrons. The monoisotopic (exact) mass is 334 g/mol. The van der Waals surface area contributed by atoms with Gasteiger partial charge < -0.3 is 9.66 Å². The Labute approximate surface area is 133 Å². The molecule has 7 heteroatoms. The van der Waals surface area contributed by atoms with Crippen LogP contribution in [0.1, 0.15) is 58.8 Å². The molecule has 1 aromatic heterocycles. The minimum atomic E-state index is -3.41. The maximum absolute atomic E-state index is 14.2. The molecule has 1 heterocycles. The van der Waals surface area contributed by atoms with Crippen LogP contribution in [0.3, 0.4) is 0 Å². The van der Waals surface area contributed by atoms with Gasteiger partial charge in [-0.15, -0.1) is 4.72 Å². The minimum absolute atomic E-state index is 0.319. The highest BCUT2D eigenvalue weighted by Crippen LogP contribution is 2.38. The number of nitrogens with zero attached hydrogens (tertiary/aromatic N) is 1. The van der Waals surface area contributed by atoms with Gasteiger partial charge in [0.2, 0.25) is 0 Å². The van der Waals surface area contributed by atoms with E-state index in [0.29, 0.717) is 5.69 Å². The first-order valence-corrected chi connectivity index (χ1v) is 8.16. The van der Waals surface area contributed by atoms with Crippen molar-refractivity contribution in [2.24, 2.45) is 0 Å². The molecule has 2 atom stereocenters. The Morgan fingerprint density at radius 3 is 2.27 bits per heavy atom. The second-order valence-corrected chi connectivity index (χ2v) is 8.82. The summed E-state index contributed by atoms with van der Waals surface area (Å²) >= 11 is -1.34. The molecule has 0 saturated carbocycles. The van der Waals surface area contributed by atoms with E-state index >= 15 is 0 Å². The smallest absolute Gasteiger partial charge is 0.300 e. The number of rotatable bonds is 5. The van der Waals surface area contributed by atoms with E-state index in [1.54, 1.807) is 6.92 Å². The molecular formula is C15H24F2N2O2S. The molecule has 22 heavy (non-hydrogen) atoms. The second-order valence-electron chi connectivity index (χ2n) is 6.82. The molecule has 0 amide bonds. The Hall–Kier alpha value is -0.760. The van der Waals surface area contributed by atoms with Gasteiger partial charge in [-0.2, -0.15) is 8.78 Å². The topological polar surface area (TPSA) is 68.2 Å². The second kappa shape index (κ2) is 6.39. The molecule has 0 aliphatic rings. The van der Waals surface area contributed by atoms with Crippen LogP contribution < -0.4 is 4.72 Å². The van der Waals surface area contributed by atoms with Gasteiger partial charge in [0, 0.05) is 23.1 Å². The molecule has 4 nitrogen and oxygen atoms in total. The van der Waals surface area contributed by atoms with Gasteiger partial charge in [-0.05, 0) is 53.7 Å². The first-order chi connectivity index (χ1) is 9.76. The van der Waals surface area contributed by atoms with Crippen molar-refractivity contribution in [1.29, 1.82) is 0 Å². The molecule has 0 spiro atoms. The van der Waals surface area contributed by atoms with Crippen LogP contribution in [0.5, 0.6) is 0 Å². The Morgan fingerprint density at radius 2 is 1.82 bits per heavy atom. The zero-order chi connectivity index (χ0) is 17.3. The van der Waals surface area contributed by atoms with Crippen LogP contribution >= 0.6 is 0 Å². The van der Waals surface area contributed by atoms with E-state index in [0.717, 1.165) is 13.8 Å². The van der Waals surface area contributed by atoms with Crippen LogP contribution in [0.2, 0.25) is 0 Å². The average Bonchev–Trinajstić information content (AvgIpc) is 2.36. The highest BCUT2D eigenvalue weighted by molar-refractivity contribution is 7.90. The summed E-state index contributed by atoms with van der Waals surface area (Å²) in [6.45, 7) is 9.27. The van der Waals surface area contributed by atoms with Crippen LogP contribution in [0.25, 0.3) is 0 Å². The van der Waals surface area contributed by atoms with Gasteiger partial charge in [-0.3, -0.25) is 4.98 Å². The van der Waals surface area contributed by atoms with Gasteiger partial charge in [-0.1, -0.05) is 0 Å². The molecule has 1 aromatic rings. The number of hydrogen-bond acceptors (Lipinski definition) is 4. The number of aliphatic hydroxyl groups is 1. The lowest BCUT2D eigenvalue weighted by Crippen LogP contribution is -2.41. The first kappa shape index (κ1) is 19.3. The summed E-state index contributed by atoms with van der Waals surface area (Å²) in [4.78, 5) is 4.06. The molecule has 0 radical (unpaired) electrons. The summed E-state index contributed by atoms with van der Waals surface area (Å²) in [7, 11) is 0. The lowest BCUT2D eigenvalue weighted by molar-refractivity contribution is -0.168. The predicted molar refractivity (Wildman–Crippen MR) is 83.9 cm³/mol. The van der Waals surface area contributed by atoms with Crippen molar-refractivity contribution in [1.82, 2.24) is 9.71 Å². The highest BCUT2D eigenvalue weighted by Gasteiger charge is 2.47. The van der Waals surface area contributed by atoms with Crippen LogP contribution in [-0.2, 0) is 17.3 Å². The van der Waals surface area contributed by atoms with E-state index in [1.165, 1.54) is 18.3 Å². The third kappa shape index (κ3) is 4.38. The summed E-state index contributed by atoms with van der Waals surface area (Å²) in [5.74, 6) is -3.41. The van der Waals surface area contributed by atoms with Crippen molar-refractivity contribution in [3.05, 3.63) is 29.6 Å². The van der Waals surface area contributed by atoms with Crippen molar-refractivity contribution in [3.8, 4) is 0 Å². The Morgan fingerprint density at radius 1 is 1.27 bits per heavy atom. The fourth-order valence-electron chi connectivity index (χ4n) is 1.63. The first-order valence-electron chi connectivity index (χ1n) is 7.01. The van der Waals surface area contributed by atoms with Gasteiger partial charge in [0.25, 0.3) is 0 Å². The third-order valence-corrected chi connectivity index (χ3v) is 4.88. The van der Waals surface area contributed by atoms with E-state index in [-0.39, 0.29) is 5.56 Å². The highest BCUT2D eigenvalue weighted by atomic mass is 32.2. The number of alkyl halides is 2. The van der Waals surface area contributed by atoms with Crippen molar-refractivity contribution >= 4 is 11.4 Å². The summed E-state index contributed by atoms with van der Waals surface area (Å²) in [6, 6.07) is 1.95. The number of pyridine rings is 1. The van der Waals surface area contributed by atoms with Crippen LogP contribution in [0.4, 0.5) is 8.78 Å². The van der Waals surface area contributed by atoms with Crippen molar-refractivity contribution in [2.75, 3.05) is 0 Å². The van der Waals surface area contributed by atoms with Gasteiger partial charge >= 0.3 is 5.92 Å². The van der Waals surface area contributed by atoms with Crippen LogP contribution in [0, 0.1) is 0 Å². The standard InChI is InChI=1S/C15H24F2N2O2S/c1-10(19-22(21)13(2,3)4)12-9-11(7-8-18-12)15(16,17)14(5,6)20/h7-10,19-20H,1-6H3/t10?,22-/m1/s1. The van der Waals surface area contributed by atoms with E-state index in [9.17, 15) is 18.4 Å². The predicted octanol–water partition coefficient (Wildman–Crippen LogP) is 3.06. The maximum atomic E-state index is 14.2. The van der Waals surface area contributed by atoms with Crippen molar-refractivity contribution in [2.45, 2.75) is 63.9 Å². The Kier molecular flexibility index (Phi) is 5.60. The summed E-state index contributed by atoms with van der Waals surface area (Å²) < 4.78 is 42.9. The number of halogens is 2. The van der Waals surface area contributed by atoms with Crippen LogP contribution in [0.15, 0.2) is 18.3 Å². The lowest BCUT2D eigenvalue weighted by atomic mass is 9.93. The van der Waals surface area contributed by atoms with E-state index in [1.807, 2.05) is 20.8 Å². The molecule has 0 aromatic carbocycles. The molecular weight excluding hydrogens is 310 g/mol. The Bertz CT molecular complexity index is 513. The zero-order valence-corrected chi connectivity index (χ0v) is 14.6. The van der Waals surface area contributed by atoms with E-state index < -0.39 is 33.7 Å². The summed E-state index contributed by atoms with van der Waals surface area (Å²) in [5.41, 5.74) is -2.16. The SMILES string of the molecule is CC(N[S@+]([O-])C(C)(C)C)c1cc(C(F)(F)C(C)(C)O)ccn1. The Balaban J connectivity index is 3.02. The number of nitrogens with one attached hydrogen (secondary N) is 1. The maximum Gasteiger partial charge on any atom is 0.300 e. The van der Waals surface area contributed by atoms with E-state index in [2.05, 4.69) is 9.71 Å². The molecule has 1 rings (SSSR count). The molecule has 0 fully saturated rings. The minimum Gasteiger partial charge on any atom is -0.598 e. The fourth-order valence-corrected chi connectivity index (χ4v) is 2.43. The zero-order valence-electron chi connectivity index (χ0n) is 13.8. The fraction of sp³-hybridized carbons (Fsp3) is 0.667. The molecule has 0 aliphatic carbocycles. The number of hydrogen-bond donors (Lipinski definition) is 2. The van der Waals surface area contributed by atoms with Crippen LogP contribution in [-0.4, -0.2) is 25.0 Å². The largest absolute Gasteiger partial charge is 0.598 e. The van der Waals surface area contributed by atoms with Gasteiger partial charge in [-0.25, -0.2) is 0 Å². The molecule has 0 bridgehead atoms. The van der Waals surface area contributed by atoms with Crippen molar-refractivity contribution in [3.63, 3.8) is 0 Å². The summed E-state index contributed by atoms with van der Waals surface area (Å²) in [5, 5.41) is 9.65. The lowest BCUT2D eigenvalue weighted by Gasteiger charge is -2.30. The van der Waals surface area contributed by atoms with Gasteiger partial charge in [0.05, 0.1) is 11.7 Å². The van der Waals surface area contributed by atoms with Gasteiger partial charge in [0.1, 0.15) is 10.3 Å². The molecule has 0 aliphatic heterocycles. The molecule has 2 N–H and O–H groups in total.